The fourth-order valence-electron chi connectivity index (χ4n) is 1.54. The third-order valence-electron chi connectivity index (χ3n) is 2.53. The number of benzene rings is 1. The van der Waals surface area contributed by atoms with E-state index in [4.69, 9.17) is 10.5 Å². The number of nitrogens with two attached hydrogens (primary N) is 1. The van der Waals surface area contributed by atoms with E-state index >= 15 is 0 Å². The highest BCUT2D eigenvalue weighted by Gasteiger charge is 2.14. The Bertz CT molecular complexity index is 649. The largest absolute Gasteiger partial charge is 0.422 e. The van der Waals surface area contributed by atoms with E-state index in [0.29, 0.717) is 5.75 Å². The van der Waals surface area contributed by atoms with E-state index in [0.717, 1.165) is 10.0 Å². The molecule has 0 saturated carbocycles. The van der Waals surface area contributed by atoms with Crippen LogP contribution in [0.25, 0.3) is 0 Å². The average molecular weight is 323 g/mol. The number of H-pyrrole nitrogens is 1. The van der Waals surface area contributed by atoms with Crippen molar-refractivity contribution in [2.75, 3.05) is 0 Å². The van der Waals surface area contributed by atoms with Gasteiger partial charge in [-0.1, -0.05) is 15.9 Å². The lowest BCUT2D eigenvalue weighted by Crippen LogP contribution is -2.11. The molecule has 2 aromatic rings. The lowest BCUT2D eigenvalue weighted by molar-refractivity contribution is 0.0728. The van der Waals surface area contributed by atoms with Crippen LogP contribution in [0.1, 0.15) is 26.4 Å². The van der Waals surface area contributed by atoms with E-state index in [2.05, 4.69) is 20.9 Å². The molecule has 0 radical (unpaired) electrons. The van der Waals surface area contributed by atoms with E-state index in [9.17, 15) is 9.59 Å². The molecule has 0 bridgehead atoms. The number of aromatic amines is 1. The molecule has 0 aliphatic carbocycles. The van der Waals surface area contributed by atoms with Crippen molar-refractivity contribution in [2.45, 2.75) is 6.92 Å². The Morgan fingerprint density at radius 3 is 2.63 bits per heavy atom. The molecular formula is C13H11BrN2O3. The minimum Gasteiger partial charge on any atom is -0.422 e. The predicted octanol–water partition coefficient (Wildman–Crippen LogP) is 2.40. The first kappa shape index (κ1) is 13.4. The maximum atomic E-state index is 11.9. The van der Waals surface area contributed by atoms with Crippen molar-refractivity contribution in [3.63, 3.8) is 0 Å². The van der Waals surface area contributed by atoms with Gasteiger partial charge < -0.3 is 15.5 Å². The minimum absolute atomic E-state index is 0.177. The maximum Gasteiger partial charge on any atom is 0.360 e. The van der Waals surface area contributed by atoms with Crippen LogP contribution in [0.4, 0.5) is 0 Å². The van der Waals surface area contributed by atoms with Crippen molar-refractivity contribution in [1.82, 2.24) is 4.98 Å². The number of primary amides is 1. The lowest BCUT2D eigenvalue weighted by atomic mass is 10.2. The molecule has 0 aliphatic rings. The summed E-state index contributed by atoms with van der Waals surface area (Å²) in [6.45, 7) is 1.83. The van der Waals surface area contributed by atoms with Gasteiger partial charge in [-0.3, -0.25) is 4.79 Å². The van der Waals surface area contributed by atoms with Gasteiger partial charge in [0.25, 0.3) is 0 Å². The highest BCUT2D eigenvalue weighted by atomic mass is 79.9. The molecule has 1 aromatic heterocycles. The zero-order valence-electron chi connectivity index (χ0n) is 10.1. The smallest absolute Gasteiger partial charge is 0.360 e. The number of aromatic nitrogens is 1. The molecule has 3 N–H and O–H groups in total. The fourth-order valence-corrected chi connectivity index (χ4v) is 2.01. The Balaban J connectivity index is 2.18. The zero-order valence-corrected chi connectivity index (χ0v) is 11.7. The number of nitrogens with one attached hydrogen (secondary N) is 1. The molecule has 0 unspecified atom stereocenters. The van der Waals surface area contributed by atoms with E-state index in [1.54, 1.807) is 12.1 Å². The van der Waals surface area contributed by atoms with Gasteiger partial charge in [-0.2, -0.15) is 0 Å². The number of halogens is 1. The van der Waals surface area contributed by atoms with Gasteiger partial charge in [-0.25, -0.2) is 4.79 Å². The number of esters is 1. The molecule has 5 nitrogen and oxygen atoms in total. The van der Waals surface area contributed by atoms with Crippen LogP contribution in [-0.4, -0.2) is 16.9 Å². The van der Waals surface area contributed by atoms with Crippen molar-refractivity contribution in [1.29, 1.82) is 0 Å². The van der Waals surface area contributed by atoms with Crippen LogP contribution in [0.15, 0.2) is 34.9 Å². The molecule has 2 rings (SSSR count). The topological polar surface area (TPSA) is 85.2 Å². The minimum atomic E-state index is -0.602. The summed E-state index contributed by atoms with van der Waals surface area (Å²) >= 11 is 3.33. The summed E-state index contributed by atoms with van der Waals surface area (Å²) in [7, 11) is 0. The summed E-state index contributed by atoms with van der Waals surface area (Å²) < 4.78 is 6.14. The summed E-state index contributed by atoms with van der Waals surface area (Å²) in [6, 6.07) is 6.67. The Morgan fingerprint density at radius 1 is 1.32 bits per heavy atom. The number of amides is 1. The van der Waals surface area contributed by atoms with Gasteiger partial charge in [0, 0.05) is 10.7 Å². The molecule has 0 saturated heterocycles. The van der Waals surface area contributed by atoms with Crippen molar-refractivity contribution in [2.24, 2.45) is 5.73 Å². The lowest BCUT2D eigenvalue weighted by Gasteiger charge is -2.06. The molecule has 6 heteroatoms. The Morgan fingerprint density at radius 2 is 2.05 bits per heavy atom. The van der Waals surface area contributed by atoms with Crippen LogP contribution in [0.3, 0.4) is 0 Å². The summed E-state index contributed by atoms with van der Waals surface area (Å²) in [5.74, 6) is -0.712. The second-order valence-electron chi connectivity index (χ2n) is 3.97. The number of aryl methyl sites for hydroxylation is 1. The molecule has 0 spiro atoms. The summed E-state index contributed by atoms with van der Waals surface area (Å²) in [4.78, 5) is 25.5. The van der Waals surface area contributed by atoms with E-state index in [1.807, 2.05) is 13.0 Å². The van der Waals surface area contributed by atoms with Gasteiger partial charge >= 0.3 is 5.97 Å². The second kappa shape index (κ2) is 5.27. The molecule has 98 valence electrons. The molecule has 0 fully saturated rings. The van der Waals surface area contributed by atoms with Crippen LogP contribution >= 0.6 is 15.9 Å². The fraction of sp³-hybridized carbons (Fsp3) is 0.0769. The second-order valence-corrected chi connectivity index (χ2v) is 4.88. The predicted molar refractivity (Wildman–Crippen MR) is 73.1 cm³/mol. The molecule has 1 heterocycles. The van der Waals surface area contributed by atoms with Gasteiger partial charge in [-0.15, -0.1) is 0 Å². The SMILES string of the molecule is Cc1cc(Br)ccc1OC(=O)c1cc(C(N)=O)c[nH]1. The number of rotatable bonds is 3. The maximum absolute atomic E-state index is 11.9. The summed E-state index contributed by atoms with van der Waals surface area (Å²) in [5, 5.41) is 0. The van der Waals surface area contributed by atoms with Gasteiger partial charge in [0.15, 0.2) is 0 Å². The van der Waals surface area contributed by atoms with E-state index in [-0.39, 0.29) is 11.3 Å². The van der Waals surface area contributed by atoms with Gasteiger partial charge in [0.05, 0.1) is 5.56 Å². The first-order valence-corrected chi connectivity index (χ1v) is 6.23. The van der Waals surface area contributed by atoms with Crippen LogP contribution in [0.5, 0.6) is 5.75 Å². The summed E-state index contributed by atoms with van der Waals surface area (Å²) in [6.07, 6.45) is 1.37. The quantitative estimate of drug-likeness (QED) is 0.672. The van der Waals surface area contributed by atoms with Crippen LogP contribution in [0, 0.1) is 6.92 Å². The normalized spacial score (nSPS) is 10.2. The molecule has 1 aromatic carbocycles. The molecule has 1 amide bonds. The first-order chi connectivity index (χ1) is 8.97. The van der Waals surface area contributed by atoms with Crippen LogP contribution < -0.4 is 10.5 Å². The van der Waals surface area contributed by atoms with Crippen LogP contribution in [0.2, 0.25) is 0 Å². The number of hydrogen-bond donors (Lipinski definition) is 2. The Kier molecular flexibility index (Phi) is 3.71. The third-order valence-corrected chi connectivity index (χ3v) is 3.02. The Hall–Kier alpha value is -2.08. The van der Waals surface area contributed by atoms with Crippen molar-refractivity contribution >= 4 is 27.8 Å². The van der Waals surface area contributed by atoms with E-state index < -0.39 is 11.9 Å². The number of hydrogen-bond acceptors (Lipinski definition) is 3. The monoisotopic (exact) mass is 322 g/mol. The summed E-state index contributed by atoms with van der Waals surface area (Å²) in [5.41, 5.74) is 6.34. The van der Waals surface area contributed by atoms with Crippen molar-refractivity contribution < 1.29 is 14.3 Å². The molecule has 0 aliphatic heterocycles. The number of ether oxygens (including phenoxy) is 1. The zero-order chi connectivity index (χ0) is 14.0. The van der Waals surface area contributed by atoms with Crippen LogP contribution in [-0.2, 0) is 0 Å². The van der Waals surface area contributed by atoms with Crippen molar-refractivity contribution in [3.05, 3.63) is 51.8 Å². The van der Waals surface area contributed by atoms with Gasteiger partial charge in [0.1, 0.15) is 11.4 Å². The number of carbonyl (C=O) groups excluding carboxylic acids is 2. The Labute approximate surface area is 117 Å². The third kappa shape index (κ3) is 3.03. The number of carbonyl (C=O) groups is 2. The van der Waals surface area contributed by atoms with E-state index in [1.165, 1.54) is 12.3 Å². The average Bonchev–Trinajstić information content (AvgIpc) is 2.82. The molecule has 19 heavy (non-hydrogen) atoms. The molecule has 0 atom stereocenters. The van der Waals surface area contributed by atoms with Crippen molar-refractivity contribution in [3.8, 4) is 5.75 Å². The first-order valence-electron chi connectivity index (χ1n) is 5.44. The van der Waals surface area contributed by atoms with Gasteiger partial charge in [0.2, 0.25) is 5.91 Å². The standard InChI is InChI=1S/C13H11BrN2O3/c1-7-4-9(14)2-3-11(7)19-13(18)10-5-8(6-16-10)12(15)17/h2-6,16H,1H3,(H2,15,17). The highest BCUT2D eigenvalue weighted by Crippen LogP contribution is 2.23. The highest BCUT2D eigenvalue weighted by molar-refractivity contribution is 9.10. The van der Waals surface area contributed by atoms with Gasteiger partial charge in [-0.05, 0) is 36.8 Å². The molecular weight excluding hydrogens is 312 g/mol.